The van der Waals surface area contributed by atoms with E-state index < -0.39 is 24.1 Å². The Morgan fingerprint density at radius 1 is 1.09 bits per heavy atom. The summed E-state index contributed by atoms with van der Waals surface area (Å²) in [5.74, 6) is 5.37. The predicted octanol–water partition coefficient (Wildman–Crippen LogP) is 3.85. The van der Waals surface area contributed by atoms with Crippen molar-refractivity contribution in [3.05, 3.63) is 70.6 Å². The van der Waals surface area contributed by atoms with Crippen LogP contribution >= 0.6 is 0 Å². The van der Waals surface area contributed by atoms with E-state index in [0.29, 0.717) is 49.2 Å². The third kappa shape index (κ3) is 9.90. The molecule has 0 bridgehead atoms. The SMILES string of the molecule is Cc1cc(C[C@@H](OC(=O)N2CCC(N3CCc4ccccc4NC3=O)CC2)C(=O)N=C=C=CN=C=C=NCCC(=O)O)cc(C)c1O. The summed E-state index contributed by atoms with van der Waals surface area (Å²) in [4.78, 5) is 64.2. The second kappa shape index (κ2) is 16.6. The van der Waals surface area contributed by atoms with Gasteiger partial charge >= 0.3 is 18.1 Å². The third-order valence-corrected chi connectivity index (χ3v) is 7.79. The summed E-state index contributed by atoms with van der Waals surface area (Å²) < 4.78 is 5.69. The van der Waals surface area contributed by atoms with Gasteiger partial charge < -0.3 is 30.1 Å². The van der Waals surface area contributed by atoms with Gasteiger partial charge in [0.1, 0.15) is 5.75 Å². The number of aliphatic carboxylic acids is 1. The fraction of sp³-hybridized carbons (Fsp3) is 0.382. The number of anilines is 1. The van der Waals surface area contributed by atoms with Crippen molar-refractivity contribution in [1.82, 2.24) is 9.80 Å². The Bertz CT molecular complexity index is 1700. The van der Waals surface area contributed by atoms with E-state index in [1.807, 2.05) is 29.2 Å². The number of fused-ring (bicyclic) bond motifs is 1. The maximum Gasteiger partial charge on any atom is 0.410 e. The molecule has 0 aromatic heterocycles. The molecule has 0 unspecified atom stereocenters. The molecular weight excluding hydrogens is 604 g/mol. The number of carbonyl (C=O) groups excluding carboxylic acids is 3. The lowest BCUT2D eigenvalue weighted by molar-refractivity contribution is -0.136. The Hall–Kier alpha value is -5.69. The summed E-state index contributed by atoms with van der Waals surface area (Å²) in [7, 11) is 0. The highest BCUT2D eigenvalue weighted by Crippen LogP contribution is 2.26. The minimum atomic E-state index is -1.28. The number of nitrogens with one attached hydrogen (secondary N) is 1. The van der Waals surface area contributed by atoms with Crippen LogP contribution in [-0.4, -0.2) is 99.9 Å². The smallest absolute Gasteiger partial charge is 0.410 e. The number of phenols is 1. The number of benzene rings is 2. The molecule has 244 valence electrons. The Balaban J connectivity index is 1.41. The van der Waals surface area contributed by atoms with Gasteiger partial charge in [0.25, 0.3) is 5.91 Å². The van der Waals surface area contributed by atoms with E-state index >= 15 is 0 Å². The molecule has 2 aliphatic rings. The van der Waals surface area contributed by atoms with Gasteiger partial charge in [-0.2, -0.15) is 9.98 Å². The first-order valence-electron chi connectivity index (χ1n) is 15.2. The van der Waals surface area contributed by atoms with Crippen LogP contribution in [0, 0.1) is 13.8 Å². The van der Waals surface area contributed by atoms with E-state index in [-0.39, 0.29) is 37.2 Å². The van der Waals surface area contributed by atoms with Crippen LogP contribution in [0.3, 0.4) is 0 Å². The average Bonchev–Trinajstić information content (AvgIpc) is 3.21. The number of rotatable bonds is 9. The summed E-state index contributed by atoms with van der Waals surface area (Å²) in [6, 6.07) is 10.9. The van der Waals surface area contributed by atoms with Gasteiger partial charge in [-0.25, -0.2) is 14.6 Å². The number of phenolic OH excluding ortho intramolecular Hbond substituents is 1. The number of ether oxygens (including phenoxy) is 1. The van der Waals surface area contributed by atoms with E-state index in [1.165, 1.54) is 4.90 Å². The molecule has 1 atom stereocenters. The molecule has 2 heterocycles. The minimum absolute atomic E-state index is 0.0140. The maximum atomic E-state index is 13.3. The molecule has 0 aliphatic carbocycles. The Kier molecular flexibility index (Phi) is 12.1. The van der Waals surface area contributed by atoms with Crippen molar-refractivity contribution in [2.75, 3.05) is 31.5 Å². The molecule has 1 saturated heterocycles. The highest BCUT2D eigenvalue weighted by atomic mass is 16.6. The normalized spacial score (nSPS) is 14.8. The lowest BCUT2D eigenvalue weighted by atomic mass is 10.0. The summed E-state index contributed by atoms with van der Waals surface area (Å²) >= 11 is 0. The summed E-state index contributed by atoms with van der Waals surface area (Å²) in [6.07, 6.45) is 0.868. The number of para-hydroxylation sites is 1. The van der Waals surface area contributed by atoms with Crippen molar-refractivity contribution in [1.29, 1.82) is 0 Å². The van der Waals surface area contributed by atoms with Gasteiger partial charge in [-0.3, -0.25) is 9.59 Å². The zero-order valence-corrected chi connectivity index (χ0v) is 26.2. The van der Waals surface area contributed by atoms with E-state index in [2.05, 4.69) is 43.6 Å². The number of carboxylic acid groups (broad SMARTS) is 1. The maximum absolute atomic E-state index is 13.3. The standard InChI is InChI=1S/C34H36N6O7/c1-23-20-25(21-24(2)31(23)43)22-29(32(44)37-13-5-12-35-15-16-36-14-8-30(41)42)47-34(46)39-17-10-27(11-18-39)40-19-9-26-6-3-4-7-28(26)38-33(40)45/h3-4,6-7,12,20-21,27,29,43H,8-11,14,17-19,22H2,1-2H3,(H,38,45)(H,41,42)/t29-/m1/s1. The van der Waals surface area contributed by atoms with Crippen molar-refractivity contribution >= 4 is 47.3 Å². The largest absolute Gasteiger partial charge is 0.507 e. The number of carbonyl (C=O) groups is 4. The first-order valence-corrected chi connectivity index (χ1v) is 15.2. The molecule has 47 heavy (non-hydrogen) atoms. The van der Waals surface area contributed by atoms with E-state index in [9.17, 15) is 24.3 Å². The molecule has 4 rings (SSSR count). The molecule has 0 saturated carbocycles. The van der Waals surface area contributed by atoms with Crippen molar-refractivity contribution in [2.24, 2.45) is 15.0 Å². The molecule has 4 amide bonds. The van der Waals surface area contributed by atoms with E-state index in [4.69, 9.17) is 9.84 Å². The molecule has 13 heteroatoms. The van der Waals surface area contributed by atoms with Crippen molar-refractivity contribution in [3.8, 4) is 5.75 Å². The number of urea groups is 1. The minimum Gasteiger partial charge on any atom is -0.507 e. The number of aryl methyl sites for hydroxylation is 2. The Morgan fingerprint density at radius 2 is 1.81 bits per heavy atom. The molecule has 2 aromatic rings. The lowest BCUT2D eigenvalue weighted by Crippen LogP contribution is -2.50. The quantitative estimate of drug-likeness (QED) is 0.276. The van der Waals surface area contributed by atoms with Crippen molar-refractivity contribution in [3.63, 3.8) is 0 Å². The lowest BCUT2D eigenvalue weighted by Gasteiger charge is -2.37. The van der Waals surface area contributed by atoms with Gasteiger partial charge in [-0.05, 0) is 67.2 Å². The third-order valence-electron chi connectivity index (χ3n) is 7.79. The molecule has 1 fully saturated rings. The molecular formula is C34H36N6O7. The summed E-state index contributed by atoms with van der Waals surface area (Å²) in [5, 5.41) is 21.7. The van der Waals surface area contributed by atoms with Gasteiger partial charge in [0.15, 0.2) is 6.10 Å². The van der Waals surface area contributed by atoms with Crippen LogP contribution in [-0.2, 0) is 27.2 Å². The second-order valence-electron chi connectivity index (χ2n) is 11.1. The fourth-order valence-electron chi connectivity index (χ4n) is 5.38. The Labute approximate surface area is 272 Å². The van der Waals surface area contributed by atoms with Crippen LogP contribution in [0.25, 0.3) is 0 Å². The first kappa shape index (κ1) is 34.2. The predicted molar refractivity (Wildman–Crippen MR) is 175 cm³/mol. The van der Waals surface area contributed by atoms with E-state index in [0.717, 1.165) is 23.9 Å². The topological polar surface area (TPSA) is 174 Å². The zero-order chi connectivity index (χ0) is 33.8. The van der Waals surface area contributed by atoms with Crippen LogP contribution in [0.2, 0.25) is 0 Å². The molecule has 3 N–H and O–H groups in total. The summed E-state index contributed by atoms with van der Waals surface area (Å²) in [5.41, 5.74) is 6.24. The molecule has 13 nitrogen and oxygen atoms in total. The average molecular weight is 641 g/mol. The number of piperidine rings is 1. The fourth-order valence-corrected chi connectivity index (χ4v) is 5.38. The van der Waals surface area contributed by atoms with Crippen LogP contribution < -0.4 is 5.32 Å². The van der Waals surface area contributed by atoms with Gasteiger partial charge in [0, 0.05) is 43.7 Å². The number of likely N-dealkylation sites (tertiary alicyclic amines) is 1. The molecule has 0 radical (unpaired) electrons. The van der Waals surface area contributed by atoms with E-state index in [1.54, 1.807) is 26.0 Å². The van der Waals surface area contributed by atoms with Gasteiger partial charge in [0.2, 0.25) is 0 Å². The van der Waals surface area contributed by atoms with Crippen molar-refractivity contribution in [2.45, 2.75) is 58.1 Å². The number of aliphatic imine (C=N–C) groups is 3. The van der Waals surface area contributed by atoms with Crippen LogP contribution in [0.1, 0.15) is 41.5 Å². The highest BCUT2D eigenvalue weighted by Gasteiger charge is 2.33. The Morgan fingerprint density at radius 3 is 2.53 bits per heavy atom. The van der Waals surface area contributed by atoms with Crippen LogP contribution in [0.5, 0.6) is 5.75 Å². The monoisotopic (exact) mass is 640 g/mol. The van der Waals surface area contributed by atoms with Crippen LogP contribution in [0.15, 0.2) is 63.3 Å². The van der Waals surface area contributed by atoms with Crippen molar-refractivity contribution < 1.29 is 34.1 Å². The molecule has 2 aliphatic heterocycles. The number of aromatic hydroxyl groups is 1. The number of hydrogen-bond acceptors (Lipinski definition) is 8. The number of carboxylic acids is 1. The summed E-state index contributed by atoms with van der Waals surface area (Å²) in [6.45, 7) is 4.77. The van der Waals surface area contributed by atoms with Gasteiger partial charge in [-0.1, -0.05) is 30.3 Å². The second-order valence-corrected chi connectivity index (χ2v) is 11.1. The zero-order valence-electron chi connectivity index (χ0n) is 26.2. The molecule has 0 spiro atoms. The highest BCUT2D eigenvalue weighted by molar-refractivity contribution is 5.91. The number of nitrogens with zero attached hydrogens (tertiary/aromatic N) is 5. The van der Waals surface area contributed by atoms with Gasteiger partial charge in [0.05, 0.1) is 30.9 Å². The molecule has 2 aromatic carbocycles. The van der Waals surface area contributed by atoms with Gasteiger partial charge in [-0.15, -0.1) is 0 Å². The number of hydrogen-bond donors (Lipinski definition) is 3. The van der Waals surface area contributed by atoms with Crippen LogP contribution in [0.4, 0.5) is 15.3 Å². The number of amides is 4. The first-order chi connectivity index (χ1) is 22.6.